The van der Waals surface area contributed by atoms with E-state index in [-0.39, 0.29) is 12.5 Å². The first-order chi connectivity index (χ1) is 15.9. The smallest absolute Gasteiger partial charge is 0.323 e. The van der Waals surface area contributed by atoms with Gasteiger partial charge in [-0.25, -0.2) is 4.79 Å². The van der Waals surface area contributed by atoms with Crippen molar-refractivity contribution in [2.75, 3.05) is 13.7 Å². The van der Waals surface area contributed by atoms with Crippen LogP contribution in [0.2, 0.25) is 0 Å². The molecule has 0 aliphatic carbocycles. The minimum atomic E-state index is -1.58. The third-order valence-corrected chi connectivity index (χ3v) is 5.85. The molecule has 164 valence electrons. The molecular formula is C24H19N5O4. The van der Waals surface area contributed by atoms with Gasteiger partial charge in [0.25, 0.3) is 11.8 Å². The second kappa shape index (κ2) is 7.53. The zero-order valence-electron chi connectivity index (χ0n) is 17.6. The lowest BCUT2D eigenvalue weighted by Crippen LogP contribution is -2.54. The van der Waals surface area contributed by atoms with Crippen LogP contribution in [0.25, 0.3) is 10.9 Å². The van der Waals surface area contributed by atoms with E-state index in [0.717, 1.165) is 22.0 Å². The van der Waals surface area contributed by atoms with Crippen LogP contribution < -0.4 is 15.4 Å². The van der Waals surface area contributed by atoms with Gasteiger partial charge in [-0.2, -0.15) is 0 Å². The van der Waals surface area contributed by atoms with Crippen LogP contribution in [0.3, 0.4) is 0 Å². The molecule has 4 amide bonds. The quantitative estimate of drug-likeness (QED) is 0.279. The van der Waals surface area contributed by atoms with Crippen molar-refractivity contribution >= 4 is 35.0 Å². The Bertz CT molecular complexity index is 1410. The van der Waals surface area contributed by atoms with Crippen LogP contribution in [0, 0.1) is 17.3 Å². The summed E-state index contributed by atoms with van der Waals surface area (Å²) in [5.41, 5.74) is 1.91. The molecule has 5 rings (SSSR count). The van der Waals surface area contributed by atoms with Crippen LogP contribution in [0.5, 0.6) is 5.75 Å². The first-order valence-corrected chi connectivity index (χ1v) is 10.2. The molecule has 0 spiro atoms. The van der Waals surface area contributed by atoms with Crippen molar-refractivity contribution in [1.82, 2.24) is 20.5 Å². The summed E-state index contributed by atoms with van der Waals surface area (Å²) in [6.07, 6.45) is 2.99. The Morgan fingerprint density at radius 2 is 2.06 bits per heavy atom. The lowest BCUT2D eigenvalue weighted by atomic mass is 9.99. The predicted octanol–water partition coefficient (Wildman–Crippen LogP) is 1.76. The fraction of sp³-hybridized carbons (Fsp3) is 0.167. The number of carbonyl (C=O) groups excluding carboxylic acids is 3. The van der Waals surface area contributed by atoms with Crippen LogP contribution >= 0.6 is 0 Å². The summed E-state index contributed by atoms with van der Waals surface area (Å²) in [5, 5.41) is 13.2. The highest BCUT2D eigenvalue weighted by molar-refractivity contribution is 6.10. The monoisotopic (exact) mass is 441 g/mol. The number of nitrogens with one attached hydrogen (secondary N) is 4. The van der Waals surface area contributed by atoms with E-state index in [0.29, 0.717) is 23.4 Å². The average molecular weight is 441 g/mol. The zero-order valence-corrected chi connectivity index (χ0v) is 17.6. The number of urea groups is 1. The summed E-state index contributed by atoms with van der Waals surface area (Å²) in [6, 6.07) is 10.0. The number of ether oxygens (including phenoxy) is 1. The van der Waals surface area contributed by atoms with Gasteiger partial charge in [0.2, 0.25) is 5.54 Å². The first-order valence-electron chi connectivity index (χ1n) is 10.2. The molecule has 33 heavy (non-hydrogen) atoms. The molecule has 9 heteroatoms. The number of rotatable bonds is 4. The molecule has 0 radical (unpaired) electrons. The molecule has 2 aliphatic rings. The van der Waals surface area contributed by atoms with Gasteiger partial charge in [-0.1, -0.05) is 24.0 Å². The SMILES string of the molecule is COc1ccc2c(c1)C(=O)N(C[C@@]1(C#Cc3ccc4c(C=N)c[nH]c4c3)NC(=O)NC1=O)C2. The fourth-order valence-corrected chi connectivity index (χ4v) is 4.14. The number of H-pyrrole nitrogens is 1. The number of hydrogen-bond acceptors (Lipinski definition) is 5. The van der Waals surface area contributed by atoms with Gasteiger partial charge in [0.05, 0.1) is 13.7 Å². The number of imide groups is 1. The second-order valence-corrected chi connectivity index (χ2v) is 7.90. The molecule has 3 aromatic rings. The Balaban J connectivity index is 1.47. The summed E-state index contributed by atoms with van der Waals surface area (Å²) in [6.45, 7) is 0.196. The first kappa shape index (κ1) is 20.3. The van der Waals surface area contributed by atoms with E-state index in [1.807, 2.05) is 12.1 Å². The largest absolute Gasteiger partial charge is 0.497 e. The molecule has 0 saturated carbocycles. The molecule has 1 atom stereocenters. The van der Waals surface area contributed by atoms with Gasteiger partial charge in [-0.05, 0) is 29.8 Å². The Morgan fingerprint density at radius 1 is 1.21 bits per heavy atom. The number of amides is 4. The van der Waals surface area contributed by atoms with Gasteiger partial charge in [0.15, 0.2) is 0 Å². The van der Waals surface area contributed by atoms with Crippen LogP contribution in [0.1, 0.15) is 27.0 Å². The summed E-state index contributed by atoms with van der Waals surface area (Å²) >= 11 is 0. The van der Waals surface area contributed by atoms with Gasteiger partial charge in [-0.15, -0.1) is 0 Å². The maximum absolute atomic E-state index is 13.0. The minimum absolute atomic E-state index is 0.101. The van der Waals surface area contributed by atoms with Crippen molar-refractivity contribution in [3.63, 3.8) is 0 Å². The van der Waals surface area contributed by atoms with Crippen molar-refractivity contribution < 1.29 is 19.1 Å². The molecule has 0 unspecified atom stereocenters. The predicted molar refractivity (Wildman–Crippen MR) is 120 cm³/mol. The van der Waals surface area contributed by atoms with Crippen LogP contribution in [0.15, 0.2) is 42.6 Å². The van der Waals surface area contributed by atoms with E-state index >= 15 is 0 Å². The molecule has 1 saturated heterocycles. The second-order valence-electron chi connectivity index (χ2n) is 7.90. The average Bonchev–Trinajstić information content (AvgIpc) is 3.45. The summed E-state index contributed by atoms with van der Waals surface area (Å²) < 4.78 is 5.21. The lowest BCUT2D eigenvalue weighted by molar-refractivity contribution is -0.122. The topological polar surface area (TPSA) is 127 Å². The fourth-order valence-electron chi connectivity index (χ4n) is 4.14. The number of aromatic amines is 1. The van der Waals surface area contributed by atoms with Gasteiger partial charge in [0.1, 0.15) is 5.75 Å². The van der Waals surface area contributed by atoms with Gasteiger partial charge in [0, 0.05) is 46.5 Å². The molecule has 1 fully saturated rings. The van der Waals surface area contributed by atoms with Crippen LogP contribution in [-0.4, -0.2) is 53.1 Å². The van der Waals surface area contributed by atoms with E-state index in [9.17, 15) is 14.4 Å². The highest BCUT2D eigenvalue weighted by Gasteiger charge is 2.48. The number of aromatic nitrogens is 1. The van der Waals surface area contributed by atoms with Gasteiger partial charge >= 0.3 is 6.03 Å². The number of carbonyl (C=O) groups is 3. The van der Waals surface area contributed by atoms with E-state index < -0.39 is 17.5 Å². The molecule has 2 aromatic carbocycles. The molecule has 3 heterocycles. The highest BCUT2D eigenvalue weighted by Crippen LogP contribution is 2.28. The number of benzene rings is 2. The Morgan fingerprint density at radius 3 is 2.79 bits per heavy atom. The normalized spacial score (nSPS) is 19.1. The van der Waals surface area contributed by atoms with Crippen molar-refractivity contribution in [2.24, 2.45) is 0 Å². The Labute approximate surface area is 188 Å². The van der Waals surface area contributed by atoms with Gasteiger partial charge in [-0.3, -0.25) is 14.9 Å². The molecular weight excluding hydrogens is 422 g/mol. The van der Waals surface area contributed by atoms with E-state index in [1.54, 1.807) is 30.5 Å². The van der Waals surface area contributed by atoms with Gasteiger partial charge < -0.3 is 25.3 Å². The van der Waals surface area contributed by atoms with E-state index in [1.165, 1.54) is 18.2 Å². The standard InChI is InChI=1S/C24H19N5O4/c1-33-17-4-3-15-12-29(21(30)19(15)9-17)13-24(22(31)27-23(32)28-24)7-6-14-2-5-18-16(10-25)11-26-20(18)8-14/h2-5,8-11,25-26H,12-13H2,1H3,(H2,27,28,31,32)/t24-/m1/s1. The zero-order chi connectivity index (χ0) is 23.2. The maximum atomic E-state index is 13.0. The minimum Gasteiger partial charge on any atom is -0.497 e. The third kappa shape index (κ3) is 3.38. The molecule has 0 bridgehead atoms. The molecule has 4 N–H and O–H groups in total. The maximum Gasteiger partial charge on any atom is 0.323 e. The summed E-state index contributed by atoms with van der Waals surface area (Å²) in [5.74, 6) is 5.57. The Hall–Kier alpha value is -4.58. The van der Waals surface area contributed by atoms with Crippen molar-refractivity contribution in [3.05, 3.63) is 64.8 Å². The molecule has 2 aliphatic heterocycles. The van der Waals surface area contributed by atoms with Crippen LogP contribution in [-0.2, 0) is 11.3 Å². The lowest BCUT2D eigenvalue weighted by Gasteiger charge is -2.26. The number of hydrogen-bond donors (Lipinski definition) is 4. The third-order valence-electron chi connectivity index (χ3n) is 5.85. The van der Waals surface area contributed by atoms with E-state index in [4.69, 9.17) is 10.1 Å². The molecule has 9 nitrogen and oxygen atoms in total. The highest BCUT2D eigenvalue weighted by atomic mass is 16.5. The number of nitrogens with zero attached hydrogens (tertiary/aromatic N) is 1. The Kier molecular flexibility index (Phi) is 4.64. The number of methoxy groups -OCH3 is 1. The number of fused-ring (bicyclic) bond motifs is 2. The van der Waals surface area contributed by atoms with Crippen molar-refractivity contribution in [1.29, 1.82) is 5.41 Å². The summed E-state index contributed by atoms with van der Waals surface area (Å²) in [4.78, 5) is 42.3. The molecule has 1 aromatic heterocycles. The van der Waals surface area contributed by atoms with E-state index in [2.05, 4.69) is 27.5 Å². The van der Waals surface area contributed by atoms with Crippen molar-refractivity contribution in [2.45, 2.75) is 12.1 Å². The summed E-state index contributed by atoms with van der Waals surface area (Å²) in [7, 11) is 1.53. The van der Waals surface area contributed by atoms with Crippen LogP contribution in [0.4, 0.5) is 4.79 Å². The van der Waals surface area contributed by atoms with Crippen molar-refractivity contribution in [3.8, 4) is 17.6 Å².